The first-order valence-corrected chi connectivity index (χ1v) is 4.84. The van der Waals surface area contributed by atoms with Crippen molar-refractivity contribution in [3.05, 3.63) is 48.0 Å². The lowest BCUT2D eigenvalue weighted by molar-refractivity contribution is 1.13. The van der Waals surface area contributed by atoms with E-state index in [9.17, 15) is 0 Å². The summed E-state index contributed by atoms with van der Waals surface area (Å²) in [6, 6.07) is 16.4. The minimum Gasteiger partial charge on any atom is -0.0616 e. The first-order chi connectivity index (χ1) is 6.43. The molecule has 3 rings (SSSR count). The van der Waals surface area contributed by atoms with Gasteiger partial charge in [0.25, 0.3) is 0 Å². The van der Waals surface area contributed by atoms with Crippen molar-refractivity contribution >= 4 is 10.8 Å². The van der Waals surface area contributed by atoms with Gasteiger partial charge in [0.2, 0.25) is 0 Å². The Morgan fingerprint density at radius 1 is 1.00 bits per heavy atom. The van der Waals surface area contributed by atoms with Crippen LogP contribution < -0.4 is 0 Å². The normalized spacial score (nSPS) is 16.3. The summed E-state index contributed by atoms with van der Waals surface area (Å²) < 4.78 is 0. The number of hydrogen-bond donors (Lipinski definition) is 0. The molecular weight excluding hydrogens is 156 g/mol. The average Bonchev–Trinajstić information content (AvgIpc) is 3.00. The summed E-state index contributed by atoms with van der Waals surface area (Å²) in [6.07, 6.45) is 2.71. The summed E-state index contributed by atoms with van der Waals surface area (Å²) >= 11 is 0. The summed E-state index contributed by atoms with van der Waals surface area (Å²) in [5.41, 5.74) is 1.40. The molecule has 1 saturated carbocycles. The third kappa shape index (κ3) is 1.23. The molecule has 13 heavy (non-hydrogen) atoms. The molecule has 0 nitrogen and oxygen atoms in total. The average molecular weight is 167 g/mol. The smallest absolute Gasteiger partial charge is 0.00614 e. The van der Waals surface area contributed by atoms with E-state index in [1.54, 1.807) is 0 Å². The first kappa shape index (κ1) is 7.14. The van der Waals surface area contributed by atoms with Crippen LogP contribution in [0, 0.1) is 6.07 Å². The van der Waals surface area contributed by atoms with Crippen molar-refractivity contribution in [3.63, 3.8) is 0 Å². The Hall–Kier alpha value is -1.30. The number of benzene rings is 2. The molecule has 2 aromatic carbocycles. The Kier molecular flexibility index (Phi) is 1.42. The lowest BCUT2D eigenvalue weighted by atomic mass is 10.0. The summed E-state index contributed by atoms with van der Waals surface area (Å²) in [5.74, 6) is 0.810. The molecule has 0 unspecified atom stereocenters. The molecule has 0 amide bonds. The molecule has 0 aliphatic heterocycles. The van der Waals surface area contributed by atoms with Gasteiger partial charge in [-0.05, 0) is 41.2 Å². The minimum atomic E-state index is 0.810. The highest BCUT2D eigenvalue weighted by Crippen LogP contribution is 2.40. The standard InChI is InChI=1S/C13H11/c1-2-4-12-9-13(11-5-6-11)8-7-10(12)3-1/h1-4,7-8,11H,5-6H2. The molecule has 0 spiro atoms. The van der Waals surface area contributed by atoms with Gasteiger partial charge >= 0.3 is 0 Å². The second-order valence-corrected chi connectivity index (χ2v) is 3.78. The summed E-state index contributed by atoms with van der Waals surface area (Å²) in [7, 11) is 0. The van der Waals surface area contributed by atoms with Gasteiger partial charge in [0.1, 0.15) is 0 Å². The van der Waals surface area contributed by atoms with Gasteiger partial charge in [0, 0.05) is 0 Å². The van der Waals surface area contributed by atoms with Gasteiger partial charge in [-0.1, -0.05) is 36.4 Å². The number of fused-ring (bicyclic) bond motifs is 1. The highest BCUT2D eigenvalue weighted by atomic mass is 14.3. The molecule has 1 radical (unpaired) electrons. The van der Waals surface area contributed by atoms with Crippen LogP contribution in [-0.2, 0) is 0 Å². The van der Waals surface area contributed by atoms with E-state index in [1.807, 2.05) is 0 Å². The van der Waals surface area contributed by atoms with Crippen LogP contribution in [0.2, 0.25) is 0 Å². The van der Waals surface area contributed by atoms with Gasteiger partial charge in [-0.3, -0.25) is 0 Å². The van der Waals surface area contributed by atoms with Crippen molar-refractivity contribution in [1.29, 1.82) is 0 Å². The van der Waals surface area contributed by atoms with Crippen LogP contribution in [0.1, 0.15) is 24.3 Å². The lowest BCUT2D eigenvalue weighted by Gasteiger charge is -2.00. The first-order valence-electron chi connectivity index (χ1n) is 4.84. The molecule has 0 aromatic heterocycles. The zero-order chi connectivity index (χ0) is 8.67. The molecule has 0 heterocycles. The maximum atomic E-state index is 3.49. The predicted octanol–water partition coefficient (Wildman–Crippen LogP) is 3.52. The Bertz CT molecular complexity index is 438. The van der Waals surface area contributed by atoms with E-state index in [2.05, 4.69) is 42.5 Å². The maximum Gasteiger partial charge on any atom is -0.00614 e. The van der Waals surface area contributed by atoms with Crippen LogP contribution in [0.15, 0.2) is 36.4 Å². The Morgan fingerprint density at radius 2 is 1.85 bits per heavy atom. The Labute approximate surface area is 78.2 Å². The molecule has 0 heteroatoms. The third-order valence-electron chi connectivity index (χ3n) is 2.70. The second-order valence-electron chi connectivity index (χ2n) is 3.78. The van der Waals surface area contributed by atoms with E-state index in [0.29, 0.717) is 0 Å². The summed E-state index contributed by atoms with van der Waals surface area (Å²) in [5, 5.41) is 2.55. The van der Waals surface area contributed by atoms with Gasteiger partial charge in [0.15, 0.2) is 0 Å². The van der Waals surface area contributed by atoms with Crippen molar-refractivity contribution in [2.24, 2.45) is 0 Å². The van der Waals surface area contributed by atoms with Gasteiger partial charge < -0.3 is 0 Å². The van der Waals surface area contributed by atoms with Gasteiger partial charge in [-0.15, -0.1) is 0 Å². The van der Waals surface area contributed by atoms with E-state index in [1.165, 1.54) is 29.2 Å². The van der Waals surface area contributed by atoms with Crippen LogP contribution >= 0.6 is 0 Å². The lowest BCUT2D eigenvalue weighted by Crippen LogP contribution is -1.79. The summed E-state index contributed by atoms with van der Waals surface area (Å²) in [6.45, 7) is 0. The molecule has 2 aromatic rings. The van der Waals surface area contributed by atoms with Crippen LogP contribution in [0.3, 0.4) is 0 Å². The van der Waals surface area contributed by atoms with Crippen molar-refractivity contribution < 1.29 is 0 Å². The van der Waals surface area contributed by atoms with Crippen molar-refractivity contribution in [3.8, 4) is 0 Å². The highest BCUT2D eigenvalue weighted by Gasteiger charge is 2.23. The fraction of sp³-hybridized carbons (Fsp3) is 0.231. The quantitative estimate of drug-likeness (QED) is 0.609. The number of hydrogen-bond acceptors (Lipinski definition) is 0. The Balaban J connectivity index is 2.21. The van der Waals surface area contributed by atoms with Crippen LogP contribution in [0.5, 0.6) is 0 Å². The van der Waals surface area contributed by atoms with E-state index in [4.69, 9.17) is 0 Å². The van der Waals surface area contributed by atoms with Crippen molar-refractivity contribution in [2.45, 2.75) is 18.8 Å². The third-order valence-corrected chi connectivity index (χ3v) is 2.70. The minimum absolute atomic E-state index is 0.810. The second kappa shape index (κ2) is 2.59. The highest BCUT2D eigenvalue weighted by molar-refractivity contribution is 5.82. The molecule has 0 saturated heterocycles. The predicted molar refractivity (Wildman–Crippen MR) is 54.8 cm³/mol. The molecule has 63 valence electrons. The molecule has 1 fully saturated rings. The summed E-state index contributed by atoms with van der Waals surface area (Å²) in [4.78, 5) is 0. The van der Waals surface area contributed by atoms with E-state index >= 15 is 0 Å². The fourth-order valence-corrected chi connectivity index (χ4v) is 1.77. The Morgan fingerprint density at radius 3 is 2.69 bits per heavy atom. The van der Waals surface area contributed by atoms with Crippen molar-refractivity contribution in [1.82, 2.24) is 0 Å². The number of rotatable bonds is 1. The topological polar surface area (TPSA) is 0 Å². The largest absolute Gasteiger partial charge is 0.0616 e. The van der Waals surface area contributed by atoms with Crippen LogP contribution in [-0.4, -0.2) is 0 Å². The zero-order valence-corrected chi connectivity index (χ0v) is 7.46. The van der Waals surface area contributed by atoms with E-state index in [0.717, 1.165) is 5.92 Å². The van der Waals surface area contributed by atoms with Gasteiger partial charge in [0.05, 0.1) is 0 Å². The zero-order valence-electron chi connectivity index (χ0n) is 7.46. The monoisotopic (exact) mass is 167 g/mol. The van der Waals surface area contributed by atoms with Crippen LogP contribution in [0.25, 0.3) is 10.8 Å². The molecule has 1 aliphatic rings. The molecule has 0 N–H and O–H groups in total. The van der Waals surface area contributed by atoms with Crippen molar-refractivity contribution in [2.75, 3.05) is 0 Å². The van der Waals surface area contributed by atoms with Gasteiger partial charge in [-0.2, -0.15) is 0 Å². The molecule has 0 atom stereocenters. The van der Waals surface area contributed by atoms with E-state index < -0.39 is 0 Å². The molecule has 1 aliphatic carbocycles. The fourth-order valence-electron chi connectivity index (χ4n) is 1.77. The van der Waals surface area contributed by atoms with Gasteiger partial charge in [-0.25, -0.2) is 0 Å². The maximum absolute atomic E-state index is 3.49. The molecule has 0 bridgehead atoms. The van der Waals surface area contributed by atoms with Crippen LogP contribution in [0.4, 0.5) is 0 Å². The van der Waals surface area contributed by atoms with E-state index in [-0.39, 0.29) is 0 Å². The SMILES string of the molecule is [c]1c(C2CC2)ccc2ccccc12. The molecular formula is C13H11.